The van der Waals surface area contributed by atoms with E-state index in [9.17, 15) is 0 Å². The van der Waals surface area contributed by atoms with E-state index in [1.807, 2.05) is 12.1 Å². The second kappa shape index (κ2) is 4.09. The molecule has 0 fully saturated rings. The zero-order valence-electron chi connectivity index (χ0n) is 8.41. The van der Waals surface area contributed by atoms with Gasteiger partial charge in [0.1, 0.15) is 0 Å². The molecule has 0 N–H and O–H groups in total. The highest BCUT2D eigenvalue weighted by Crippen LogP contribution is 2.23. The minimum Gasteiger partial charge on any atom is -0.198 e. The smallest absolute Gasteiger partial charge is 0.0735 e. The van der Waals surface area contributed by atoms with Gasteiger partial charge in [0.25, 0.3) is 0 Å². The molecule has 0 radical (unpaired) electrons. The second-order valence-electron chi connectivity index (χ2n) is 3.76. The van der Waals surface area contributed by atoms with Gasteiger partial charge in [0.15, 0.2) is 0 Å². The van der Waals surface area contributed by atoms with Gasteiger partial charge in [-0.3, -0.25) is 0 Å². The summed E-state index contributed by atoms with van der Waals surface area (Å²) in [5.41, 5.74) is 2.36. The fraction of sp³-hybridized carbons (Fsp3) is 0.417. The molecule has 0 aromatic heterocycles. The van der Waals surface area contributed by atoms with Crippen LogP contribution in [-0.2, 0) is 0 Å². The first-order valence-electron chi connectivity index (χ1n) is 4.61. The normalized spacial score (nSPS) is 12.5. The number of nitrogens with zero attached hydrogens (tertiary/aromatic N) is 1. The van der Waals surface area contributed by atoms with Crippen molar-refractivity contribution in [3.05, 3.63) is 35.4 Å². The number of rotatable bonds is 2. The lowest BCUT2D eigenvalue weighted by Gasteiger charge is -2.13. The van der Waals surface area contributed by atoms with Crippen LogP contribution in [-0.4, -0.2) is 0 Å². The summed E-state index contributed by atoms with van der Waals surface area (Å²) >= 11 is 0. The molecule has 0 aliphatic carbocycles. The highest BCUT2D eigenvalue weighted by Gasteiger charge is 2.14. The van der Waals surface area contributed by atoms with E-state index in [4.69, 9.17) is 5.26 Å². The Bertz CT molecular complexity index is 320. The monoisotopic (exact) mass is 173 g/mol. The van der Waals surface area contributed by atoms with E-state index in [0.29, 0.717) is 5.92 Å². The predicted molar refractivity (Wildman–Crippen MR) is 54.4 cm³/mol. The molecule has 0 heterocycles. The SMILES string of the molecule is Cc1cccc(C(C#N)C(C)C)c1. The van der Waals surface area contributed by atoms with E-state index in [2.05, 4.69) is 39.0 Å². The summed E-state index contributed by atoms with van der Waals surface area (Å²) in [6.45, 7) is 6.21. The van der Waals surface area contributed by atoms with E-state index < -0.39 is 0 Å². The fourth-order valence-corrected chi connectivity index (χ4v) is 1.47. The number of aryl methyl sites for hydroxylation is 1. The molecule has 0 aliphatic rings. The van der Waals surface area contributed by atoms with Gasteiger partial charge in [0, 0.05) is 0 Å². The molecule has 1 unspecified atom stereocenters. The van der Waals surface area contributed by atoms with Crippen LogP contribution in [0.3, 0.4) is 0 Å². The Kier molecular flexibility index (Phi) is 3.08. The van der Waals surface area contributed by atoms with Crippen LogP contribution in [0.4, 0.5) is 0 Å². The first-order chi connectivity index (χ1) is 6.15. The Labute approximate surface area is 80.0 Å². The van der Waals surface area contributed by atoms with Gasteiger partial charge in [-0.05, 0) is 18.4 Å². The van der Waals surface area contributed by atoms with Crippen molar-refractivity contribution in [1.82, 2.24) is 0 Å². The third-order valence-corrected chi connectivity index (χ3v) is 2.21. The van der Waals surface area contributed by atoms with Crippen molar-refractivity contribution < 1.29 is 0 Å². The maximum Gasteiger partial charge on any atom is 0.0735 e. The summed E-state index contributed by atoms with van der Waals surface area (Å²) in [6.07, 6.45) is 0. The summed E-state index contributed by atoms with van der Waals surface area (Å²) < 4.78 is 0. The maximum absolute atomic E-state index is 8.99. The van der Waals surface area contributed by atoms with Crippen molar-refractivity contribution in [3.63, 3.8) is 0 Å². The van der Waals surface area contributed by atoms with Crippen LogP contribution in [0.1, 0.15) is 30.9 Å². The minimum atomic E-state index is 0.0277. The molecule has 1 rings (SSSR count). The largest absolute Gasteiger partial charge is 0.198 e. The average Bonchev–Trinajstić information content (AvgIpc) is 2.04. The number of hydrogen-bond donors (Lipinski definition) is 0. The average molecular weight is 173 g/mol. The third kappa shape index (κ3) is 2.32. The van der Waals surface area contributed by atoms with Gasteiger partial charge in [0.2, 0.25) is 0 Å². The summed E-state index contributed by atoms with van der Waals surface area (Å²) in [5, 5.41) is 8.99. The molecular weight excluding hydrogens is 158 g/mol. The molecule has 1 nitrogen and oxygen atoms in total. The predicted octanol–water partition coefficient (Wildman–Crippen LogP) is 3.26. The van der Waals surface area contributed by atoms with Gasteiger partial charge in [-0.15, -0.1) is 0 Å². The summed E-state index contributed by atoms with van der Waals surface area (Å²) in [5.74, 6) is 0.409. The lowest BCUT2D eigenvalue weighted by molar-refractivity contribution is 0.587. The van der Waals surface area contributed by atoms with Crippen LogP contribution in [0.25, 0.3) is 0 Å². The van der Waals surface area contributed by atoms with Gasteiger partial charge in [-0.2, -0.15) is 5.26 Å². The van der Waals surface area contributed by atoms with Gasteiger partial charge in [-0.25, -0.2) is 0 Å². The van der Waals surface area contributed by atoms with Crippen LogP contribution in [0, 0.1) is 24.2 Å². The Morgan fingerprint density at radius 3 is 2.46 bits per heavy atom. The van der Waals surface area contributed by atoms with Gasteiger partial charge in [-0.1, -0.05) is 43.7 Å². The minimum absolute atomic E-state index is 0.0277. The molecule has 0 saturated carbocycles. The lowest BCUT2D eigenvalue weighted by atomic mass is 9.89. The molecule has 1 heteroatoms. The van der Waals surface area contributed by atoms with Crippen LogP contribution in [0.15, 0.2) is 24.3 Å². The Balaban J connectivity index is 3.00. The van der Waals surface area contributed by atoms with Crippen molar-refractivity contribution in [2.45, 2.75) is 26.7 Å². The molecule has 1 aromatic rings. The number of benzene rings is 1. The quantitative estimate of drug-likeness (QED) is 0.673. The summed E-state index contributed by atoms with van der Waals surface area (Å²) in [4.78, 5) is 0. The first kappa shape index (κ1) is 9.80. The van der Waals surface area contributed by atoms with Gasteiger partial charge < -0.3 is 0 Å². The van der Waals surface area contributed by atoms with Crippen LogP contribution in [0.2, 0.25) is 0 Å². The van der Waals surface area contributed by atoms with Crippen LogP contribution in [0.5, 0.6) is 0 Å². The maximum atomic E-state index is 8.99. The molecule has 0 spiro atoms. The van der Waals surface area contributed by atoms with E-state index in [1.165, 1.54) is 5.56 Å². The first-order valence-corrected chi connectivity index (χ1v) is 4.61. The number of hydrogen-bond acceptors (Lipinski definition) is 1. The van der Waals surface area contributed by atoms with E-state index in [0.717, 1.165) is 5.56 Å². The Morgan fingerprint density at radius 1 is 1.31 bits per heavy atom. The van der Waals surface area contributed by atoms with Crippen molar-refractivity contribution in [2.75, 3.05) is 0 Å². The summed E-state index contributed by atoms with van der Waals surface area (Å²) in [7, 11) is 0. The van der Waals surface area contributed by atoms with Crippen molar-refractivity contribution >= 4 is 0 Å². The molecule has 0 amide bonds. The van der Waals surface area contributed by atoms with Gasteiger partial charge >= 0.3 is 0 Å². The molecule has 1 aromatic carbocycles. The summed E-state index contributed by atoms with van der Waals surface area (Å²) in [6, 6.07) is 10.5. The van der Waals surface area contributed by atoms with Crippen LogP contribution < -0.4 is 0 Å². The molecular formula is C12H15N. The second-order valence-corrected chi connectivity index (χ2v) is 3.76. The lowest BCUT2D eigenvalue weighted by Crippen LogP contribution is -2.03. The molecule has 0 bridgehead atoms. The Morgan fingerprint density at radius 2 is 2.00 bits per heavy atom. The number of nitriles is 1. The van der Waals surface area contributed by atoms with Crippen molar-refractivity contribution in [2.24, 2.45) is 5.92 Å². The van der Waals surface area contributed by atoms with Crippen LogP contribution >= 0.6 is 0 Å². The highest BCUT2D eigenvalue weighted by atomic mass is 14.3. The molecule has 68 valence electrons. The molecule has 1 atom stereocenters. The van der Waals surface area contributed by atoms with E-state index in [1.54, 1.807) is 0 Å². The Hall–Kier alpha value is -1.29. The third-order valence-electron chi connectivity index (χ3n) is 2.21. The van der Waals surface area contributed by atoms with E-state index in [-0.39, 0.29) is 5.92 Å². The standard InChI is InChI=1S/C12H15N/c1-9(2)12(8-13)11-6-4-5-10(3)7-11/h4-7,9,12H,1-3H3. The molecule has 0 aliphatic heterocycles. The van der Waals surface area contributed by atoms with Crippen molar-refractivity contribution in [1.29, 1.82) is 5.26 Å². The fourth-order valence-electron chi connectivity index (χ4n) is 1.47. The zero-order chi connectivity index (χ0) is 9.84. The van der Waals surface area contributed by atoms with Crippen molar-refractivity contribution in [3.8, 4) is 6.07 Å². The highest BCUT2D eigenvalue weighted by molar-refractivity contribution is 5.29. The van der Waals surface area contributed by atoms with E-state index >= 15 is 0 Å². The molecule has 0 saturated heterocycles. The molecule has 13 heavy (non-hydrogen) atoms. The van der Waals surface area contributed by atoms with Gasteiger partial charge in [0.05, 0.1) is 12.0 Å². The topological polar surface area (TPSA) is 23.8 Å². The zero-order valence-corrected chi connectivity index (χ0v) is 8.41.